The van der Waals surface area contributed by atoms with E-state index in [1.165, 1.54) is 103 Å². The smallest absolute Gasteiger partial charge is 0.268 e. The lowest BCUT2D eigenvalue weighted by Crippen LogP contribution is -2.45. The van der Waals surface area contributed by atoms with Crippen LogP contribution in [0.25, 0.3) is 0 Å². The van der Waals surface area contributed by atoms with E-state index in [9.17, 15) is 19.4 Å². The predicted octanol–water partition coefficient (Wildman–Crippen LogP) is 6.66. The molecule has 238 valence electrons. The maximum Gasteiger partial charge on any atom is 0.268 e. The highest BCUT2D eigenvalue weighted by Crippen LogP contribution is 2.38. The average molecular weight is 591 g/mol. The summed E-state index contributed by atoms with van der Waals surface area (Å²) in [5.74, 6) is -0.374. The van der Waals surface area contributed by atoms with Crippen LogP contribution in [0.15, 0.2) is 12.2 Å². The zero-order valence-corrected chi connectivity index (χ0v) is 27.4. The Kier molecular flexibility index (Phi) is 24.3. The number of aliphatic hydroxyl groups excluding tert-OH is 1. The molecule has 0 aromatic carbocycles. The van der Waals surface area contributed by atoms with Crippen LogP contribution in [0.5, 0.6) is 0 Å². The molecule has 8 nitrogen and oxygen atoms in total. The fourth-order valence-electron chi connectivity index (χ4n) is 4.48. The Morgan fingerprint density at radius 2 is 1.30 bits per heavy atom. The minimum Gasteiger partial charge on any atom is -0.756 e. The van der Waals surface area contributed by atoms with Crippen molar-refractivity contribution in [2.24, 2.45) is 0 Å². The lowest BCUT2D eigenvalue weighted by Gasteiger charge is -2.29. The van der Waals surface area contributed by atoms with Gasteiger partial charge in [-0.2, -0.15) is 0 Å². The highest BCUT2D eigenvalue weighted by Gasteiger charge is 2.22. The number of amides is 1. The normalized spacial score (nSPS) is 15.3. The second kappa shape index (κ2) is 24.8. The number of allylic oxidation sites excluding steroid dienone is 1. The van der Waals surface area contributed by atoms with Crippen molar-refractivity contribution < 1.29 is 32.9 Å². The number of rotatable bonds is 28. The molecule has 3 unspecified atom stereocenters. The number of likely N-dealkylation sites (N-methyl/N-ethyl adjacent to an activating group) is 1. The van der Waals surface area contributed by atoms with Crippen LogP contribution in [-0.2, 0) is 18.4 Å². The number of nitrogens with one attached hydrogen (secondary N) is 1. The van der Waals surface area contributed by atoms with E-state index in [0.29, 0.717) is 11.0 Å². The van der Waals surface area contributed by atoms with E-state index in [0.717, 1.165) is 19.3 Å². The van der Waals surface area contributed by atoms with Gasteiger partial charge in [0.1, 0.15) is 13.2 Å². The minimum atomic E-state index is -4.53. The van der Waals surface area contributed by atoms with Gasteiger partial charge in [0.05, 0.1) is 39.9 Å². The van der Waals surface area contributed by atoms with Crippen molar-refractivity contribution in [1.29, 1.82) is 0 Å². The Hall–Kier alpha value is -0.760. The number of quaternary nitrogens is 1. The summed E-state index contributed by atoms with van der Waals surface area (Å²) in [6.07, 6.45) is 26.0. The third kappa shape index (κ3) is 27.4. The fraction of sp³-hybridized carbons (Fsp3) is 0.903. The molecule has 1 amide bonds. The molecule has 0 aliphatic rings. The van der Waals surface area contributed by atoms with E-state index in [2.05, 4.69) is 12.2 Å². The summed E-state index contributed by atoms with van der Waals surface area (Å²) in [4.78, 5) is 23.6. The molecule has 2 N–H and O–H groups in total. The lowest BCUT2D eigenvalue weighted by atomic mass is 10.0. The Labute approximate surface area is 246 Å². The molecular weight excluding hydrogens is 527 g/mol. The lowest BCUT2D eigenvalue weighted by molar-refractivity contribution is -0.870. The standard InChI is InChI=1S/C31H63N2O6P/c1-6-7-8-9-10-11-12-13-14-15-16-17-18-19-20-21-22-23-24-25-31(35)30(32-29(2)34)28-39-40(36,37)38-27-26-33(3,4)5/h24-25,30-31,35H,6-23,26-28H2,1-5H3,(H-,32,34,36,37)/b25-24+. The van der Waals surface area contributed by atoms with Crippen LogP contribution in [0.1, 0.15) is 129 Å². The van der Waals surface area contributed by atoms with Crippen molar-refractivity contribution in [3.63, 3.8) is 0 Å². The van der Waals surface area contributed by atoms with Gasteiger partial charge in [-0.05, 0) is 12.8 Å². The number of phosphoric ester groups is 1. The van der Waals surface area contributed by atoms with Gasteiger partial charge >= 0.3 is 0 Å². The zero-order chi connectivity index (χ0) is 30.1. The van der Waals surface area contributed by atoms with Crippen molar-refractivity contribution in [3.05, 3.63) is 12.2 Å². The Morgan fingerprint density at radius 3 is 1.73 bits per heavy atom. The van der Waals surface area contributed by atoms with E-state index in [-0.39, 0.29) is 12.5 Å². The molecule has 40 heavy (non-hydrogen) atoms. The Bertz CT molecular complexity index is 683. The zero-order valence-electron chi connectivity index (χ0n) is 26.5. The van der Waals surface area contributed by atoms with Gasteiger partial charge < -0.3 is 28.8 Å². The number of unbranched alkanes of at least 4 members (excludes halogenated alkanes) is 17. The number of phosphoric acid groups is 1. The van der Waals surface area contributed by atoms with Crippen LogP contribution in [-0.4, -0.2) is 68.5 Å². The molecule has 0 saturated heterocycles. The van der Waals surface area contributed by atoms with Crippen LogP contribution in [0.4, 0.5) is 0 Å². The van der Waals surface area contributed by atoms with E-state index in [1.54, 1.807) is 6.08 Å². The minimum absolute atomic E-state index is 0.00308. The Morgan fingerprint density at radius 1 is 0.850 bits per heavy atom. The van der Waals surface area contributed by atoms with Gasteiger partial charge in [0.2, 0.25) is 5.91 Å². The predicted molar refractivity (Wildman–Crippen MR) is 164 cm³/mol. The van der Waals surface area contributed by atoms with Gasteiger partial charge in [0.25, 0.3) is 7.82 Å². The van der Waals surface area contributed by atoms with Crippen LogP contribution in [0, 0.1) is 0 Å². The number of hydrogen-bond acceptors (Lipinski definition) is 6. The second-order valence-electron chi connectivity index (χ2n) is 12.3. The van der Waals surface area contributed by atoms with Crippen LogP contribution in [0.3, 0.4) is 0 Å². The van der Waals surface area contributed by atoms with E-state index in [1.807, 2.05) is 27.2 Å². The maximum absolute atomic E-state index is 12.0. The SMILES string of the molecule is CCCCCCCCCCCCCCCCCCC/C=C/C(O)C(COP(=O)([O-])OCC[N+](C)(C)C)NC(C)=O. The van der Waals surface area contributed by atoms with Crippen molar-refractivity contribution in [3.8, 4) is 0 Å². The third-order valence-corrected chi connectivity index (χ3v) is 8.00. The first-order chi connectivity index (χ1) is 19.0. The van der Waals surface area contributed by atoms with E-state index >= 15 is 0 Å². The van der Waals surface area contributed by atoms with Crippen LogP contribution in [0.2, 0.25) is 0 Å². The fourth-order valence-corrected chi connectivity index (χ4v) is 5.20. The summed E-state index contributed by atoms with van der Waals surface area (Å²) in [7, 11) is 1.25. The number of aliphatic hydroxyl groups is 1. The molecule has 9 heteroatoms. The number of nitrogens with zero attached hydrogens (tertiary/aromatic N) is 1. The summed E-state index contributed by atoms with van der Waals surface area (Å²) < 4.78 is 22.4. The second-order valence-corrected chi connectivity index (χ2v) is 13.7. The van der Waals surface area contributed by atoms with Crippen molar-refractivity contribution in [2.45, 2.75) is 142 Å². The van der Waals surface area contributed by atoms with Crippen molar-refractivity contribution in [2.75, 3.05) is 40.9 Å². The van der Waals surface area contributed by atoms with E-state index < -0.39 is 26.6 Å². The summed E-state index contributed by atoms with van der Waals surface area (Å²) in [6, 6.07) is -0.881. The van der Waals surface area contributed by atoms with Gasteiger partial charge in [-0.1, -0.05) is 122 Å². The Balaban J connectivity index is 3.90. The molecule has 0 aliphatic heterocycles. The molecule has 0 radical (unpaired) electrons. The molecule has 0 spiro atoms. The van der Waals surface area contributed by atoms with Gasteiger partial charge in [-0.15, -0.1) is 0 Å². The van der Waals surface area contributed by atoms with Crippen LogP contribution < -0.4 is 10.2 Å². The molecule has 0 rings (SSSR count). The first-order valence-electron chi connectivity index (χ1n) is 16.0. The highest BCUT2D eigenvalue weighted by molar-refractivity contribution is 7.45. The van der Waals surface area contributed by atoms with Crippen molar-refractivity contribution >= 4 is 13.7 Å². The van der Waals surface area contributed by atoms with Gasteiger partial charge in [0.15, 0.2) is 0 Å². The molecule has 0 aromatic heterocycles. The number of hydrogen-bond donors (Lipinski definition) is 2. The summed E-state index contributed by atoms with van der Waals surface area (Å²) >= 11 is 0. The first kappa shape index (κ1) is 39.2. The highest BCUT2D eigenvalue weighted by atomic mass is 31.2. The van der Waals surface area contributed by atoms with Gasteiger partial charge in [0, 0.05) is 6.92 Å². The van der Waals surface area contributed by atoms with Crippen molar-refractivity contribution in [1.82, 2.24) is 5.32 Å². The summed E-state index contributed by atoms with van der Waals surface area (Å²) in [5.41, 5.74) is 0. The molecule has 0 aliphatic carbocycles. The molecule has 0 heterocycles. The largest absolute Gasteiger partial charge is 0.756 e. The molecule has 3 atom stereocenters. The van der Waals surface area contributed by atoms with Gasteiger partial charge in [-0.3, -0.25) is 9.36 Å². The summed E-state index contributed by atoms with van der Waals surface area (Å²) in [6.45, 7) is 3.68. The quantitative estimate of drug-likeness (QED) is 0.0457. The molecule has 0 aromatic rings. The monoisotopic (exact) mass is 590 g/mol. The third-order valence-electron chi connectivity index (χ3n) is 7.03. The molecule has 0 saturated carbocycles. The molecule has 0 fully saturated rings. The van der Waals surface area contributed by atoms with Crippen LogP contribution >= 0.6 is 7.82 Å². The maximum atomic E-state index is 12.0. The van der Waals surface area contributed by atoms with E-state index in [4.69, 9.17) is 9.05 Å². The summed E-state index contributed by atoms with van der Waals surface area (Å²) in [5, 5.41) is 13.0. The average Bonchev–Trinajstić information content (AvgIpc) is 2.86. The molecule has 0 bridgehead atoms. The number of carbonyl (C=O) groups is 1. The number of carbonyl (C=O) groups excluding carboxylic acids is 1. The topological polar surface area (TPSA) is 108 Å². The van der Waals surface area contributed by atoms with Gasteiger partial charge in [-0.25, -0.2) is 0 Å². The first-order valence-corrected chi connectivity index (χ1v) is 17.5. The molecular formula is C31H63N2O6P.